The SMILES string of the molecule is Cc1cccc(C)c1-c1cc2nc(n1)NS(=O)(=O)c1cccc(c1)C(=O)NC1(CCN(CCCNC(=O)OC(C)(C)C)CC1)O2. The summed E-state index contributed by atoms with van der Waals surface area (Å²) in [5, 5.41) is 5.85. The molecule has 2 amide bonds. The lowest BCUT2D eigenvalue weighted by molar-refractivity contribution is -0.0242. The summed E-state index contributed by atoms with van der Waals surface area (Å²) in [6.07, 6.45) is 1.17. The summed E-state index contributed by atoms with van der Waals surface area (Å²) in [4.78, 5) is 36.7. The highest BCUT2D eigenvalue weighted by molar-refractivity contribution is 7.92. The topological polar surface area (TPSA) is 152 Å². The maximum Gasteiger partial charge on any atom is 0.407 e. The van der Waals surface area contributed by atoms with Crippen LogP contribution < -0.4 is 20.1 Å². The minimum Gasteiger partial charge on any atom is -0.451 e. The van der Waals surface area contributed by atoms with Crippen LogP contribution in [0, 0.1) is 13.8 Å². The Kier molecular flexibility index (Phi) is 9.04. The highest BCUT2D eigenvalue weighted by Crippen LogP contribution is 2.33. The quantitative estimate of drug-likeness (QED) is 0.346. The van der Waals surface area contributed by atoms with Gasteiger partial charge in [-0.15, -0.1) is 0 Å². The molecule has 0 radical (unpaired) electrons. The Morgan fingerprint density at radius 3 is 2.44 bits per heavy atom. The Labute approximate surface area is 264 Å². The number of hydrogen-bond acceptors (Lipinski definition) is 9. The fourth-order valence-corrected chi connectivity index (χ4v) is 6.52. The van der Waals surface area contributed by atoms with Crippen LogP contribution in [0.3, 0.4) is 0 Å². The van der Waals surface area contributed by atoms with Crippen molar-refractivity contribution in [3.8, 4) is 17.1 Å². The summed E-state index contributed by atoms with van der Waals surface area (Å²) in [7, 11) is -4.11. The van der Waals surface area contributed by atoms with Crippen molar-refractivity contribution in [3.63, 3.8) is 0 Å². The number of amides is 2. The highest BCUT2D eigenvalue weighted by Gasteiger charge is 2.39. The van der Waals surface area contributed by atoms with Crippen LogP contribution in [0.25, 0.3) is 11.3 Å². The first-order valence-corrected chi connectivity index (χ1v) is 16.5. The number of alkyl carbamates (subject to hydrolysis) is 1. The monoisotopic (exact) mass is 636 g/mol. The molecular weight excluding hydrogens is 596 g/mol. The Morgan fingerprint density at radius 2 is 1.76 bits per heavy atom. The third-order valence-electron chi connectivity index (χ3n) is 7.70. The van der Waals surface area contributed by atoms with Crippen molar-refractivity contribution in [1.29, 1.82) is 0 Å². The molecule has 45 heavy (non-hydrogen) atoms. The molecule has 0 unspecified atom stereocenters. The molecule has 1 spiro atoms. The second-order valence-corrected chi connectivity index (χ2v) is 14.2. The number of piperidine rings is 1. The lowest BCUT2D eigenvalue weighted by atomic mass is 9.98. The number of fused-ring (bicyclic) bond motifs is 4. The van der Waals surface area contributed by atoms with Gasteiger partial charge in [0.25, 0.3) is 15.9 Å². The minimum absolute atomic E-state index is 0.0804. The minimum atomic E-state index is -4.11. The molecule has 0 aliphatic carbocycles. The number of likely N-dealkylation sites (tertiary alicyclic amines) is 1. The van der Waals surface area contributed by atoms with Gasteiger partial charge in [0.1, 0.15) is 5.60 Å². The Hall–Kier alpha value is -4.23. The molecule has 240 valence electrons. The predicted octanol–water partition coefficient (Wildman–Crippen LogP) is 4.39. The van der Waals surface area contributed by atoms with Crippen LogP contribution in [-0.2, 0) is 14.8 Å². The van der Waals surface area contributed by atoms with Crippen molar-refractivity contribution in [2.24, 2.45) is 0 Å². The zero-order valence-corrected chi connectivity index (χ0v) is 27.1. The van der Waals surface area contributed by atoms with Crippen molar-refractivity contribution in [2.75, 3.05) is 30.9 Å². The average Bonchev–Trinajstić information content (AvgIpc) is 2.94. The van der Waals surface area contributed by atoms with Gasteiger partial charge in [-0.2, -0.15) is 4.98 Å². The predicted molar refractivity (Wildman–Crippen MR) is 170 cm³/mol. The Bertz CT molecular complexity index is 1680. The van der Waals surface area contributed by atoms with Gasteiger partial charge >= 0.3 is 6.09 Å². The van der Waals surface area contributed by atoms with Crippen molar-refractivity contribution in [3.05, 3.63) is 65.2 Å². The number of rotatable bonds is 5. The lowest BCUT2D eigenvalue weighted by Crippen LogP contribution is -2.59. The molecule has 4 bridgehead atoms. The van der Waals surface area contributed by atoms with Gasteiger partial charge in [0.2, 0.25) is 11.8 Å². The maximum atomic E-state index is 13.5. The molecule has 12 nitrogen and oxygen atoms in total. The summed E-state index contributed by atoms with van der Waals surface area (Å²) in [5.74, 6) is -0.445. The van der Waals surface area contributed by atoms with Gasteiger partial charge in [-0.1, -0.05) is 24.3 Å². The summed E-state index contributed by atoms with van der Waals surface area (Å²) < 4.78 is 41.0. The van der Waals surface area contributed by atoms with Gasteiger partial charge in [0.15, 0.2) is 5.72 Å². The second-order valence-electron chi connectivity index (χ2n) is 12.5. The maximum absolute atomic E-state index is 13.5. The number of aryl methyl sites for hydroxylation is 2. The number of aromatic nitrogens is 2. The van der Waals surface area contributed by atoms with Gasteiger partial charge in [-0.25, -0.2) is 22.9 Å². The van der Waals surface area contributed by atoms with Crippen molar-refractivity contribution in [1.82, 2.24) is 25.5 Å². The lowest BCUT2D eigenvalue weighted by Gasteiger charge is -2.42. The molecule has 5 rings (SSSR count). The van der Waals surface area contributed by atoms with E-state index in [1.54, 1.807) is 12.1 Å². The number of hydrogen-bond donors (Lipinski definition) is 3. The zero-order chi connectivity index (χ0) is 32.4. The fourth-order valence-electron chi connectivity index (χ4n) is 5.53. The number of nitrogens with one attached hydrogen (secondary N) is 3. The van der Waals surface area contributed by atoms with Crippen LogP contribution in [0.2, 0.25) is 0 Å². The van der Waals surface area contributed by atoms with E-state index in [1.165, 1.54) is 18.2 Å². The number of nitrogens with zero attached hydrogens (tertiary/aromatic N) is 3. The van der Waals surface area contributed by atoms with E-state index in [1.807, 2.05) is 52.8 Å². The zero-order valence-electron chi connectivity index (χ0n) is 26.3. The number of sulfonamides is 1. The molecule has 2 aliphatic rings. The molecule has 1 aromatic heterocycles. The van der Waals surface area contributed by atoms with Crippen LogP contribution in [0.1, 0.15) is 61.5 Å². The molecule has 1 saturated heterocycles. The van der Waals surface area contributed by atoms with E-state index in [0.717, 1.165) is 29.7 Å². The molecule has 0 atom stereocenters. The molecule has 0 saturated carbocycles. The molecule has 3 aromatic rings. The van der Waals surface area contributed by atoms with Crippen molar-refractivity contribution >= 4 is 28.0 Å². The van der Waals surface area contributed by atoms with Gasteiger partial charge < -0.3 is 25.0 Å². The number of anilines is 1. The molecule has 2 aromatic carbocycles. The van der Waals surface area contributed by atoms with Gasteiger partial charge in [-0.05, 0) is 76.9 Å². The molecule has 13 heteroatoms. The van der Waals surface area contributed by atoms with Gasteiger partial charge in [0, 0.05) is 49.7 Å². The molecule has 3 N–H and O–H groups in total. The smallest absolute Gasteiger partial charge is 0.407 e. The number of ether oxygens (including phenoxy) is 2. The standard InChI is InChI=1S/C32H40N6O6S/c1-21-9-6-10-22(2)27(21)25-20-26-35-29(34-25)37-45(41,42)24-12-7-11-23(19-24)28(39)36-32(43-26)13-17-38(18-14-32)16-8-15-33-30(40)44-31(3,4)5/h6-7,9-12,19-20H,8,13-18H2,1-5H3,(H,33,40)(H,36,39)(H,34,35,37). The van der Waals surface area contributed by atoms with Crippen LogP contribution in [0.4, 0.5) is 10.7 Å². The fraction of sp³-hybridized carbons (Fsp3) is 0.438. The van der Waals surface area contributed by atoms with E-state index in [-0.39, 0.29) is 22.3 Å². The molecule has 2 aliphatic heterocycles. The first-order valence-electron chi connectivity index (χ1n) is 15.0. The third kappa shape index (κ3) is 7.90. The normalized spacial score (nSPS) is 17.6. The molecule has 1 fully saturated rings. The van der Waals surface area contributed by atoms with Crippen molar-refractivity contribution in [2.45, 2.75) is 70.1 Å². The molecule has 3 heterocycles. The summed E-state index contributed by atoms with van der Waals surface area (Å²) in [5.41, 5.74) is 1.78. The number of carbonyl (C=O) groups excluding carboxylic acids is 2. The number of benzene rings is 2. The van der Waals surface area contributed by atoms with E-state index in [9.17, 15) is 18.0 Å². The second kappa shape index (κ2) is 12.6. The number of carbonyl (C=O) groups is 2. The van der Waals surface area contributed by atoms with Crippen LogP contribution >= 0.6 is 0 Å². The van der Waals surface area contributed by atoms with Gasteiger partial charge in [-0.3, -0.25) is 4.79 Å². The Balaban J connectivity index is 1.41. The largest absolute Gasteiger partial charge is 0.451 e. The van der Waals surface area contributed by atoms with E-state index < -0.39 is 33.3 Å². The van der Waals surface area contributed by atoms with E-state index >= 15 is 0 Å². The first-order chi connectivity index (χ1) is 21.2. The Morgan fingerprint density at radius 1 is 1.07 bits per heavy atom. The van der Waals surface area contributed by atoms with Crippen LogP contribution in [0.5, 0.6) is 5.88 Å². The van der Waals surface area contributed by atoms with Gasteiger partial charge in [0.05, 0.1) is 10.6 Å². The van der Waals surface area contributed by atoms with E-state index in [4.69, 9.17) is 9.47 Å². The van der Waals surface area contributed by atoms with E-state index in [2.05, 4.69) is 30.2 Å². The summed E-state index contributed by atoms with van der Waals surface area (Å²) in [6, 6.07) is 13.4. The highest BCUT2D eigenvalue weighted by atomic mass is 32.2. The third-order valence-corrected chi connectivity index (χ3v) is 9.02. The summed E-state index contributed by atoms with van der Waals surface area (Å²) >= 11 is 0. The average molecular weight is 637 g/mol. The van der Waals surface area contributed by atoms with E-state index in [0.29, 0.717) is 38.2 Å². The summed E-state index contributed by atoms with van der Waals surface area (Å²) in [6.45, 7) is 11.8. The molecular formula is C32H40N6O6S. The first kappa shape index (κ1) is 32.2. The van der Waals surface area contributed by atoms with Crippen LogP contribution in [-0.4, -0.2) is 72.8 Å². The van der Waals surface area contributed by atoms with Crippen LogP contribution in [0.15, 0.2) is 53.4 Å². The van der Waals surface area contributed by atoms with Crippen molar-refractivity contribution < 1.29 is 27.5 Å².